The molecule has 0 unspecified atom stereocenters. The number of benzene rings is 1. The minimum Gasteiger partial charge on any atom is -0.336 e. The molecule has 21 heavy (non-hydrogen) atoms. The number of nitrogens with zero attached hydrogens (tertiary/aromatic N) is 4. The Morgan fingerprint density at radius 1 is 1.10 bits per heavy atom. The number of hydrogen-bond donors (Lipinski definition) is 1. The average molecular weight is 285 g/mol. The van der Waals surface area contributed by atoms with Gasteiger partial charge in [0, 0.05) is 57.2 Å². The summed E-state index contributed by atoms with van der Waals surface area (Å²) < 4.78 is 0. The van der Waals surface area contributed by atoms with Crippen molar-refractivity contribution in [3.05, 3.63) is 36.2 Å². The van der Waals surface area contributed by atoms with E-state index in [0.29, 0.717) is 12.1 Å². The van der Waals surface area contributed by atoms with Gasteiger partial charge in [-0.05, 0) is 18.2 Å². The van der Waals surface area contributed by atoms with E-state index in [1.54, 1.807) is 12.4 Å². The minimum atomic E-state index is 0.0648. The fourth-order valence-corrected chi connectivity index (χ4v) is 2.64. The van der Waals surface area contributed by atoms with E-state index in [-0.39, 0.29) is 5.91 Å². The number of hydrogen-bond acceptors (Lipinski definition) is 5. The molecular formula is C15H19N5O. The van der Waals surface area contributed by atoms with E-state index in [4.69, 9.17) is 5.73 Å². The van der Waals surface area contributed by atoms with E-state index in [1.807, 2.05) is 23.1 Å². The maximum atomic E-state index is 12.5. The van der Waals surface area contributed by atoms with Gasteiger partial charge < -0.3 is 10.6 Å². The van der Waals surface area contributed by atoms with Crippen molar-refractivity contribution in [3.8, 4) is 0 Å². The zero-order chi connectivity index (χ0) is 14.7. The summed E-state index contributed by atoms with van der Waals surface area (Å²) in [4.78, 5) is 25.2. The lowest BCUT2D eigenvalue weighted by molar-refractivity contribution is 0.0641. The van der Waals surface area contributed by atoms with Gasteiger partial charge in [0.25, 0.3) is 5.91 Å². The van der Waals surface area contributed by atoms with Crippen LogP contribution in [0.1, 0.15) is 10.4 Å². The molecule has 2 N–H and O–H groups in total. The first-order valence-corrected chi connectivity index (χ1v) is 7.20. The van der Waals surface area contributed by atoms with Gasteiger partial charge >= 0.3 is 0 Å². The van der Waals surface area contributed by atoms with Crippen molar-refractivity contribution in [2.24, 2.45) is 5.73 Å². The molecule has 1 aliphatic rings. The summed E-state index contributed by atoms with van der Waals surface area (Å²) in [6, 6.07) is 5.49. The highest BCUT2D eigenvalue weighted by atomic mass is 16.2. The summed E-state index contributed by atoms with van der Waals surface area (Å²) in [5.74, 6) is 0.0648. The van der Waals surface area contributed by atoms with E-state index in [0.717, 1.165) is 43.8 Å². The maximum absolute atomic E-state index is 12.5. The molecule has 1 amide bonds. The average Bonchev–Trinajstić information content (AvgIpc) is 2.55. The number of carbonyl (C=O) groups excluding carboxylic acids is 1. The molecule has 0 radical (unpaired) electrons. The molecule has 0 aliphatic carbocycles. The van der Waals surface area contributed by atoms with E-state index in [9.17, 15) is 4.79 Å². The first-order valence-electron chi connectivity index (χ1n) is 7.20. The summed E-state index contributed by atoms with van der Waals surface area (Å²) in [6.07, 6.45) is 3.29. The molecule has 0 bridgehead atoms. The lowest BCUT2D eigenvalue weighted by Gasteiger charge is -2.34. The van der Waals surface area contributed by atoms with E-state index >= 15 is 0 Å². The highest BCUT2D eigenvalue weighted by Gasteiger charge is 2.21. The number of aromatic nitrogens is 2. The summed E-state index contributed by atoms with van der Waals surface area (Å²) in [5.41, 5.74) is 7.80. The van der Waals surface area contributed by atoms with Gasteiger partial charge in [0.05, 0.1) is 11.0 Å². The molecule has 0 saturated carbocycles. The third-order valence-corrected chi connectivity index (χ3v) is 3.82. The van der Waals surface area contributed by atoms with Crippen LogP contribution in [-0.4, -0.2) is 64.9 Å². The molecule has 0 spiro atoms. The Labute approximate surface area is 123 Å². The second-order valence-electron chi connectivity index (χ2n) is 5.18. The lowest BCUT2D eigenvalue weighted by atomic mass is 10.1. The molecule has 1 aromatic heterocycles. The van der Waals surface area contributed by atoms with Crippen molar-refractivity contribution in [1.29, 1.82) is 0 Å². The fraction of sp³-hybridized carbons (Fsp3) is 0.400. The number of carbonyl (C=O) groups is 1. The van der Waals surface area contributed by atoms with Crippen molar-refractivity contribution >= 4 is 16.9 Å². The first-order chi connectivity index (χ1) is 10.3. The van der Waals surface area contributed by atoms with Crippen LogP contribution < -0.4 is 5.73 Å². The number of fused-ring (bicyclic) bond motifs is 1. The van der Waals surface area contributed by atoms with Crippen LogP contribution >= 0.6 is 0 Å². The molecule has 2 heterocycles. The van der Waals surface area contributed by atoms with Crippen LogP contribution in [0.25, 0.3) is 11.0 Å². The van der Waals surface area contributed by atoms with Crippen molar-refractivity contribution in [3.63, 3.8) is 0 Å². The van der Waals surface area contributed by atoms with Crippen molar-refractivity contribution in [1.82, 2.24) is 19.8 Å². The van der Waals surface area contributed by atoms with Crippen LogP contribution in [0.2, 0.25) is 0 Å². The van der Waals surface area contributed by atoms with Crippen LogP contribution in [0, 0.1) is 0 Å². The SMILES string of the molecule is NCCN1CCN(C(=O)c2ccc3nccnc3c2)CC1. The predicted molar refractivity (Wildman–Crippen MR) is 80.9 cm³/mol. The molecule has 0 atom stereocenters. The first kappa shape index (κ1) is 13.9. The molecule has 1 fully saturated rings. The van der Waals surface area contributed by atoms with Gasteiger partial charge in [-0.15, -0.1) is 0 Å². The molecule has 3 rings (SSSR count). The molecule has 6 nitrogen and oxygen atoms in total. The zero-order valence-corrected chi connectivity index (χ0v) is 11.9. The maximum Gasteiger partial charge on any atom is 0.254 e. The second-order valence-corrected chi connectivity index (χ2v) is 5.18. The Kier molecular flexibility index (Phi) is 4.08. The Morgan fingerprint density at radius 2 is 1.81 bits per heavy atom. The Bertz CT molecular complexity index is 637. The topological polar surface area (TPSA) is 75.3 Å². The van der Waals surface area contributed by atoms with Crippen LogP contribution in [0.15, 0.2) is 30.6 Å². The molecule has 1 saturated heterocycles. The normalized spacial score (nSPS) is 16.3. The summed E-state index contributed by atoms with van der Waals surface area (Å²) in [7, 11) is 0. The smallest absolute Gasteiger partial charge is 0.254 e. The van der Waals surface area contributed by atoms with Gasteiger partial charge in [-0.3, -0.25) is 19.7 Å². The number of amides is 1. The van der Waals surface area contributed by atoms with E-state index in [1.165, 1.54) is 0 Å². The van der Waals surface area contributed by atoms with Gasteiger partial charge in [0.2, 0.25) is 0 Å². The summed E-state index contributed by atoms with van der Waals surface area (Å²) in [5, 5.41) is 0. The van der Waals surface area contributed by atoms with E-state index in [2.05, 4.69) is 14.9 Å². The standard InChI is InChI=1S/C15H19N5O/c16-3-6-19-7-9-20(10-8-19)15(21)12-1-2-13-14(11-12)18-5-4-17-13/h1-2,4-5,11H,3,6-10,16H2. The molecular weight excluding hydrogens is 266 g/mol. The third kappa shape index (κ3) is 3.01. The van der Waals surface area contributed by atoms with Crippen LogP contribution in [-0.2, 0) is 0 Å². The zero-order valence-electron chi connectivity index (χ0n) is 11.9. The highest BCUT2D eigenvalue weighted by Crippen LogP contribution is 2.14. The van der Waals surface area contributed by atoms with Gasteiger partial charge in [-0.25, -0.2) is 0 Å². The van der Waals surface area contributed by atoms with Crippen molar-refractivity contribution in [2.75, 3.05) is 39.3 Å². The van der Waals surface area contributed by atoms with Crippen LogP contribution in [0.4, 0.5) is 0 Å². The van der Waals surface area contributed by atoms with Gasteiger partial charge in [0.1, 0.15) is 0 Å². The monoisotopic (exact) mass is 285 g/mol. The van der Waals surface area contributed by atoms with Crippen molar-refractivity contribution < 1.29 is 4.79 Å². The van der Waals surface area contributed by atoms with Crippen LogP contribution in [0.3, 0.4) is 0 Å². The fourth-order valence-electron chi connectivity index (χ4n) is 2.64. The molecule has 110 valence electrons. The number of piperazine rings is 1. The molecule has 1 aromatic carbocycles. The Balaban J connectivity index is 1.72. The van der Waals surface area contributed by atoms with E-state index < -0.39 is 0 Å². The van der Waals surface area contributed by atoms with Gasteiger partial charge in [0.15, 0.2) is 0 Å². The predicted octanol–water partition coefficient (Wildman–Crippen LogP) is 0.346. The number of rotatable bonds is 3. The second kappa shape index (κ2) is 6.15. The summed E-state index contributed by atoms with van der Waals surface area (Å²) in [6.45, 7) is 4.83. The summed E-state index contributed by atoms with van der Waals surface area (Å²) >= 11 is 0. The largest absolute Gasteiger partial charge is 0.336 e. The Morgan fingerprint density at radius 3 is 2.52 bits per heavy atom. The highest BCUT2D eigenvalue weighted by molar-refractivity contribution is 5.97. The van der Waals surface area contributed by atoms with Gasteiger partial charge in [-0.2, -0.15) is 0 Å². The lowest BCUT2D eigenvalue weighted by Crippen LogP contribution is -2.49. The minimum absolute atomic E-state index is 0.0648. The third-order valence-electron chi connectivity index (χ3n) is 3.82. The quantitative estimate of drug-likeness (QED) is 0.880. The van der Waals surface area contributed by atoms with Gasteiger partial charge in [-0.1, -0.05) is 0 Å². The number of nitrogens with two attached hydrogens (primary N) is 1. The molecule has 6 heteroatoms. The van der Waals surface area contributed by atoms with Crippen molar-refractivity contribution in [2.45, 2.75) is 0 Å². The van der Waals surface area contributed by atoms with Crippen LogP contribution in [0.5, 0.6) is 0 Å². The Hall–Kier alpha value is -2.05. The molecule has 1 aliphatic heterocycles. The molecule has 2 aromatic rings.